The van der Waals surface area contributed by atoms with E-state index < -0.39 is 0 Å². The number of fused-ring (bicyclic) bond motifs is 1. The predicted molar refractivity (Wildman–Crippen MR) is 57.3 cm³/mol. The van der Waals surface area contributed by atoms with Crippen molar-refractivity contribution < 1.29 is 9.13 Å². The highest BCUT2D eigenvalue weighted by Crippen LogP contribution is 2.39. The molecule has 0 radical (unpaired) electrons. The van der Waals surface area contributed by atoms with Crippen molar-refractivity contribution in [1.29, 1.82) is 0 Å². The fourth-order valence-corrected chi connectivity index (χ4v) is 2.00. The van der Waals surface area contributed by atoms with Crippen LogP contribution in [-0.2, 0) is 0 Å². The zero-order valence-corrected chi connectivity index (χ0v) is 9.09. The lowest BCUT2D eigenvalue weighted by molar-refractivity contribution is 0.0501. The van der Waals surface area contributed by atoms with Gasteiger partial charge in [0.1, 0.15) is 17.2 Å². The van der Waals surface area contributed by atoms with Crippen LogP contribution in [0, 0.1) is 5.82 Å². The van der Waals surface area contributed by atoms with Crippen molar-refractivity contribution in [1.82, 2.24) is 0 Å². The third kappa shape index (κ3) is 1.84. The Hall–Kier alpha value is -1.09. The lowest BCUT2D eigenvalue weighted by Gasteiger charge is -2.38. The molecule has 1 aliphatic rings. The molecule has 0 amide bonds. The van der Waals surface area contributed by atoms with Crippen LogP contribution in [0.2, 0.25) is 0 Å². The molecule has 0 spiro atoms. The van der Waals surface area contributed by atoms with E-state index in [0.717, 1.165) is 24.2 Å². The van der Waals surface area contributed by atoms with Gasteiger partial charge in [0.2, 0.25) is 0 Å². The van der Waals surface area contributed by atoms with Crippen LogP contribution in [0.5, 0.6) is 5.75 Å². The predicted octanol–water partition coefficient (Wildman–Crippen LogP) is 2.78. The molecule has 1 aromatic rings. The summed E-state index contributed by atoms with van der Waals surface area (Å²) in [6.07, 6.45) is 1.64. The highest BCUT2D eigenvalue weighted by Gasteiger charge is 2.34. The van der Waals surface area contributed by atoms with Crippen molar-refractivity contribution in [3.8, 4) is 5.75 Å². The molecule has 3 heteroatoms. The number of ether oxygens (including phenoxy) is 1. The lowest BCUT2D eigenvalue weighted by atomic mass is 9.87. The van der Waals surface area contributed by atoms with Gasteiger partial charge in [-0.1, -0.05) is 6.92 Å². The second-order valence-electron chi connectivity index (χ2n) is 4.40. The average Bonchev–Trinajstić information content (AvgIpc) is 2.20. The van der Waals surface area contributed by atoms with E-state index in [1.807, 2.05) is 6.92 Å². The Labute approximate surface area is 89.2 Å². The van der Waals surface area contributed by atoms with Crippen molar-refractivity contribution in [2.45, 2.75) is 38.3 Å². The highest BCUT2D eigenvalue weighted by molar-refractivity contribution is 5.39. The van der Waals surface area contributed by atoms with Gasteiger partial charge in [-0.25, -0.2) is 4.39 Å². The van der Waals surface area contributed by atoms with Gasteiger partial charge in [0.15, 0.2) is 0 Å². The number of hydrogen-bond donors (Lipinski definition) is 1. The number of hydrogen-bond acceptors (Lipinski definition) is 2. The molecule has 1 aliphatic heterocycles. The van der Waals surface area contributed by atoms with Crippen LogP contribution in [0.15, 0.2) is 18.2 Å². The van der Waals surface area contributed by atoms with Crippen molar-refractivity contribution in [3.05, 3.63) is 29.6 Å². The SMILES string of the molecule is CCC1(C)CC(N)c2cc(F)ccc2O1. The lowest BCUT2D eigenvalue weighted by Crippen LogP contribution is -2.39. The fraction of sp³-hybridized carbons (Fsp3) is 0.500. The van der Waals surface area contributed by atoms with Crippen LogP contribution < -0.4 is 10.5 Å². The summed E-state index contributed by atoms with van der Waals surface area (Å²) in [6, 6.07) is 4.41. The highest BCUT2D eigenvalue weighted by atomic mass is 19.1. The Balaban J connectivity index is 2.41. The van der Waals surface area contributed by atoms with E-state index in [2.05, 4.69) is 6.92 Å². The number of benzene rings is 1. The maximum atomic E-state index is 13.0. The van der Waals surface area contributed by atoms with Gasteiger partial charge in [0.25, 0.3) is 0 Å². The van der Waals surface area contributed by atoms with Gasteiger partial charge in [-0.2, -0.15) is 0 Å². The Bertz CT molecular complexity index is 380. The van der Waals surface area contributed by atoms with Crippen molar-refractivity contribution in [2.75, 3.05) is 0 Å². The summed E-state index contributed by atoms with van der Waals surface area (Å²) in [5.41, 5.74) is 6.58. The van der Waals surface area contributed by atoms with Gasteiger partial charge in [-0.3, -0.25) is 0 Å². The van der Waals surface area contributed by atoms with Crippen LogP contribution in [0.25, 0.3) is 0 Å². The summed E-state index contributed by atoms with van der Waals surface area (Å²) in [5, 5.41) is 0. The first-order chi connectivity index (χ1) is 7.04. The standard InChI is InChI=1S/C12H16FNO/c1-3-12(2)7-10(14)9-6-8(13)4-5-11(9)15-12/h4-6,10H,3,7,14H2,1-2H3. The molecule has 0 aromatic heterocycles. The summed E-state index contributed by atoms with van der Waals surface area (Å²) < 4.78 is 18.9. The van der Waals surface area contributed by atoms with Crippen molar-refractivity contribution in [3.63, 3.8) is 0 Å². The molecular formula is C12H16FNO. The van der Waals surface area contributed by atoms with Gasteiger partial charge in [0, 0.05) is 18.0 Å². The zero-order valence-electron chi connectivity index (χ0n) is 9.09. The molecule has 0 saturated heterocycles. The molecule has 2 atom stereocenters. The first-order valence-electron chi connectivity index (χ1n) is 5.28. The van der Waals surface area contributed by atoms with Crippen LogP contribution >= 0.6 is 0 Å². The monoisotopic (exact) mass is 209 g/mol. The van der Waals surface area contributed by atoms with Gasteiger partial charge < -0.3 is 10.5 Å². The van der Waals surface area contributed by atoms with E-state index in [-0.39, 0.29) is 17.5 Å². The fourth-order valence-electron chi connectivity index (χ4n) is 2.00. The van der Waals surface area contributed by atoms with E-state index in [9.17, 15) is 4.39 Å². The molecule has 0 saturated carbocycles. The van der Waals surface area contributed by atoms with Gasteiger partial charge in [-0.15, -0.1) is 0 Å². The smallest absolute Gasteiger partial charge is 0.125 e. The minimum absolute atomic E-state index is 0.130. The minimum atomic E-state index is -0.257. The van der Waals surface area contributed by atoms with Crippen LogP contribution in [0.3, 0.4) is 0 Å². The first-order valence-corrected chi connectivity index (χ1v) is 5.28. The Morgan fingerprint density at radius 3 is 3.00 bits per heavy atom. The molecule has 2 rings (SSSR count). The van der Waals surface area contributed by atoms with Gasteiger partial charge in [0.05, 0.1) is 0 Å². The molecule has 0 aliphatic carbocycles. The molecular weight excluding hydrogens is 193 g/mol. The van der Waals surface area contributed by atoms with Gasteiger partial charge >= 0.3 is 0 Å². The van der Waals surface area contributed by atoms with Crippen LogP contribution in [-0.4, -0.2) is 5.60 Å². The summed E-state index contributed by atoms with van der Waals surface area (Å²) in [7, 11) is 0. The van der Waals surface area contributed by atoms with Crippen LogP contribution in [0.4, 0.5) is 4.39 Å². The molecule has 0 bridgehead atoms. The molecule has 0 fully saturated rings. The third-order valence-corrected chi connectivity index (χ3v) is 3.13. The van der Waals surface area contributed by atoms with E-state index in [1.165, 1.54) is 12.1 Å². The number of halogens is 1. The van der Waals surface area contributed by atoms with E-state index in [0.29, 0.717) is 0 Å². The van der Waals surface area contributed by atoms with Gasteiger partial charge in [-0.05, 0) is 31.5 Å². The summed E-state index contributed by atoms with van der Waals surface area (Å²) in [6.45, 7) is 4.11. The Kier molecular flexibility index (Phi) is 2.43. The summed E-state index contributed by atoms with van der Waals surface area (Å²) in [5.74, 6) is 0.465. The Morgan fingerprint density at radius 2 is 2.33 bits per heavy atom. The minimum Gasteiger partial charge on any atom is -0.487 e. The van der Waals surface area contributed by atoms with E-state index >= 15 is 0 Å². The van der Waals surface area contributed by atoms with Crippen LogP contribution in [0.1, 0.15) is 38.3 Å². The maximum Gasteiger partial charge on any atom is 0.125 e. The number of nitrogens with two attached hydrogens (primary N) is 1. The quantitative estimate of drug-likeness (QED) is 0.771. The third-order valence-electron chi connectivity index (χ3n) is 3.13. The number of rotatable bonds is 1. The Morgan fingerprint density at radius 1 is 1.60 bits per heavy atom. The summed E-state index contributed by atoms with van der Waals surface area (Å²) in [4.78, 5) is 0. The first kappa shape index (κ1) is 10.4. The molecule has 1 heterocycles. The topological polar surface area (TPSA) is 35.2 Å². The average molecular weight is 209 g/mol. The zero-order chi connectivity index (χ0) is 11.1. The molecule has 2 unspecified atom stereocenters. The van der Waals surface area contributed by atoms with Crippen molar-refractivity contribution >= 4 is 0 Å². The van der Waals surface area contributed by atoms with E-state index in [1.54, 1.807) is 6.07 Å². The molecule has 2 nitrogen and oxygen atoms in total. The van der Waals surface area contributed by atoms with Crippen molar-refractivity contribution in [2.24, 2.45) is 5.73 Å². The maximum absolute atomic E-state index is 13.0. The second-order valence-corrected chi connectivity index (χ2v) is 4.40. The molecule has 82 valence electrons. The molecule has 15 heavy (non-hydrogen) atoms. The largest absolute Gasteiger partial charge is 0.487 e. The summed E-state index contributed by atoms with van der Waals surface area (Å²) >= 11 is 0. The second kappa shape index (κ2) is 3.49. The van der Waals surface area contributed by atoms with E-state index in [4.69, 9.17) is 10.5 Å². The normalized spacial score (nSPS) is 29.5. The molecule has 1 aromatic carbocycles. The molecule has 2 N–H and O–H groups in total.